The molecule has 1 aliphatic rings. The van der Waals surface area contributed by atoms with Crippen molar-refractivity contribution in [2.45, 2.75) is 52.4 Å². The Morgan fingerprint density at radius 3 is 2.50 bits per heavy atom. The predicted molar refractivity (Wildman–Crippen MR) is 76.3 cm³/mol. The summed E-state index contributed by atoms with van der Waals surface area (Å²) in [6.07, 6.45) is 8.32. The third kappa shape index (κ3) is 5.58. The molecule has 1 rings (SSSR count). The number of hydrogen-bond acceptors (Lipinski definition) is 2. The van der Waals surface area contributed by atoms with Crippen LogP contribution in [-0.2, 0) is 0 Å². The molecule has 1 aliphatic heterocycles. The van der Waals surface area contributed by atoms with Gasteiger partial charge in [0.1, 0.15) is 0 Å². The summed E-state index contributed by atoms with van der Waals surface area (Å²) < 4.78 is 0. The van der Waals surface area contributed by atoms with E-state index in [1.165, 1.54) is 58.2 Å². The van der Waals surface area contributed by atoms with Gasteiger partial charge in [-0.25, -0.2) is 0 Å². The van der Waals surface area contributed by atoms with Crippen LogP contribution in [0.3, 0.4) is 0 Å². The standard InChI is InChI=1S/C14H29NS/c1-3-4-14-6-10-15(11-7-14)9-5-13(2)8-12-16/h13-14,16H,3-12H2,1-2H3. The van der Waals surface area contributed by atoms with Gasteiger partial charge in [0, 0.05) is 0 Å². The Kier molecular flexibility index (Phi) is 7.55. The SMILES string of the molecule is CCCC1CCN(CCC(C)CCS)CC1. The molecule has 0 bridgehead atoms. The zero-order valence-corrected chi connectivity index (χ0v) is 12.0. The highest BCUT2D eigenvalue weighted by molar-refractivity contribution is 7.80. The van der Waals surface area contributed by atoms with Gasteiger partial charge >= 0.3 is 0 Å². The fraction of sp³-hybridized carbons (Fsp3) is 1.00. The highest BCUT2D eigenvalue weighted by Crippen LogP contribution is 2.22. The minimum absolute atomic E-state index is 0.853. The minimum atomic E-state index is 0.853. The van der Waals surface area contributed by atoms with Crippen molar-refractivity contribution >= 4 is 12.6 Å². The quantitative estimate of drug-likeness (QED) is 0.665. The Morgan fingerprint density at radius 1 is 1.25 bits per heavy atom. The zero-order chi connectivity index (χ0) is 11.8. The maximum Gasteiger partial charge on any atom is -0.00161 e. The summed E-state index contributed by atoms with van der Waals surface area (Å²) in [6, 6.07) is 0. The average Bonchev–Trinajstić information content (AvgIpc) is 2.29. The lowest BCUT2D eigenvalue weighted by Gasteiger charge is -2.32. The Labute approximate surface area is 107 Å². The van der Waals surface area contributed by atoms with Crippen LogP contribution in [0.2, 0.25) is 0 Å². The molecule has 1 atom stereocenters. The lowest BCUT2D eigenvalue weighted by Crippen LogP contribution is -2.34. The van der Waals surface area contributed by atoms with Gasteiger partial charge in [0.15, 0.2) is 0 Å². The van der Waals surface area contributed by atoms with Crippen molar-refractivity contribution in [2.75, 3.05) is 25.4 Å². The van der Waals surface area contributed by atoms with Gasteiger partial charge in [0.25, 0.3) is 0 Å². The highest BCUT2D eigenvalue weighted by Gasteiger charge is 2.18. The molecular formula is C14H29NS. The maximum atomic E-state index is 4.30. The van der Waals surface area contributed by atoms with Gasteiger partial charge < -0.3 is 4.90 Å². The average molecular weight is 243 g/mol. The lowest BCUT2D eigenvalue weighted by atomic mass is 9.92. The van der Waals surface area contributed by atoms with E-state index in [1.807, 2.05) is 0 Å². The van der Waals surface area contributed by atoms with Crippen LogP contribution in [0.4, 0.5) is 0 Å². The molecule has 1 unspecified atom stereocenters. The summed E-state index contributed by atoms with van der Waals surface area (Å²) >= 11 is 4.30. The van der Waals surface area contributed by atoms with Gasteiger partial charge in [-0.1, -0.05) is 26.7 Å². The van der Waals surface area contributed by atoms with Crippen molar-refractivity contribution < 1.29 is 0 Å². The first-order valence-electron chi connectivity index (χ1n) is 7.09. The van der Waals surface area contributed by atoms with Gasteiger partial charge in [0.05, 0.1) is 0 Å². The van der Waals surface area contributed by atoms with Crippen LogP contribution in [0.1, 0.15) is 52.4 Å². The number of rotatable bonds is 7. The fourth-order valence-electron chi connectivity index (χ4n) is 2.67. The van der Waals surface area contributed by atoms with E-state index in [0.717, 1.165) is 17.6 Å². The van der Waals surface area contributed by atoms with Crippen LogP contribution in [0, 0.1) is 11.8 Å². The summed E-state index contributed by atoms with van der Waals surface area (Å²) in [4.78, 5) is 2.67. The summed E-state index contributed by atoms with van der Waals surface area (Å²) in [7, 11) is 0. The van der Waals surface area contributed by atoms with E-state index in [2.05, 4.69) is 31.4 Å². The molecule has 0 aromatic carbocycles. The van der Waals surface area contributed by atoms with E-state index in [-0.39, 0.29) is 0 Å². The maximum absolute atomic E-state index is 4.30. The Bertz CT molecular complexity index is 164. The number of nitrogens with zero attached hydrogens (tertiary/aromatic N) is 1. The Balaban J connectivity index is 2.07. The van der Waals surface area contributed by atoms with Crippen LogP contribution in [-0.4, -0.2) is 30.3 Å². The molecule has 1 heterocycles. The molecule has 1 nitrogen and oxygen atoms in total. The second-order valence-electron chi connectivity index (χ2n) is 5.48. The summed E-state index contributed by atoms with van der Waals surface area (Å²) in [5.74, 6) is 2.92. The van der Waals surface area contributed by atoms with Gasteiger partial charge in [-0.05, 0) is 62.9 Å². The van der Waals surface area contributed by atoms with Crippen molar-refractivity contribution in [3.63, 3.8) is 0 Å². The molecule has 0 aromatic rings. The molecule has 0 saturated carbocycles. The highest BCUT2D eigenvalue weighted by atomic mass is 32.1. The van der Waals surface area contributed by atoms with Crippen molar-refractivity contribution in [2.24, 2.45) is 11.8 Å². The Hall–Kier alpha value is 0.310. The van der Waals surface area contributed by atoms with E-state index in [0.29, 0.717) is 0 Å². The van der Waals surface area contributed by atoms with Crippen LogP contribution in [0.15, 0.2) is 0 Å². The van der Waals surface area contributed by atoms with E-state index >= 15 is 0 Å². The van der Waals surface area contributed by atoms with E-state index in [1.54, 1.807) is 0 Å². The molecule has 0 N–H and O–H groups in total. The van der Waals surface area contributed by atoms with Gasteiger partial charge in [-0.3, -0.25) is 0 Å². The molecular weight excluding hydrogens is 214 g/mol. The number of thiol groups is 1. The largest absolute Gasteiger partial charge is 0.303 e. The molecule has 16 heavy (non-hydrogen) atoms. The Morgan fingerprint density at radius 2 is 1.94 bits per heavy atom. The molecule has 0 radical (unpaired) electrons. The molecule has 1 fully saturated rings. The molecule has 96 valence electrons. The van der Waals surface area contributed by atoms with Crippen molar-refractivity contribution in [3.05, 3.63) is 0 Å². The lowest BCUT2D eigenvalue weighted by molar-refractivity contribution is 0.170. The van der Waals surface area contributed by atoms with E-state index < -0.39 is 0 Å². The number of likely N-dealkylation sites (tertiary alicyclic amines) is 1. The van der Waals surface area contributed by atoms with Crippen molar-refractivity contribution in [1.29, 1.82) is 0 Å². The van der Waals surface area contributed by atoms with Gasteiger partial charge in [-0.2, -0.15) is 12.6 Å². The van der Waals surface area contributed by atoms with Crippen LogP contribution < -0.4 is 0 Å². The molecule has 0 amide bonds. The first-order chi connectivity index (χ1) is 7.76. The van der Waals surface area contributed by atoms with E-state index in [9.17, 15) is 0 Å². The number of hydrogen-bond donors (Lipinski definition) is 1. The normalized spacial score (nSPS) is 21.2. The van der Waals surface area contributed by atoms with Gasteiger partial charge in [0.2, 0.25) is 0 Å². The molecule has 1 saturated heterocycles. The second kappa shape index (κ2) is 8.41. The minimum Gasteiger partial charge on any atom is -0.303 e. The molecule has 0 aliphatic carbocycles. The molecule has 0 spiro atoms. The number of piperidine rings is 1. The second-order valence-corrected chi connectivity index (χ2v) is 5.93. The fourth-order valence-corrected chi connectivity index (χ4v) is 3.12. The van der Waals surface area contributed by atoms with E-state index in [4.69, 9.17) is 0 Å². The predicted octanol–water partition coefficient (Wildman–Crippen LogP) is 3.84. The van der Waals surface area contributed by atoms with Crippen LogP contribution >= 0.6 is 12.6 Å². The van der Waals surface area contributed by atoms with Gasteiger partial charge in [-0.15, -0.1) is 0 Å². The van der Waals surface area contributed by atoms with Crippen molar-refractivity contribution in [3.8, 4) is 0 Å². The summed E-state index contributed by atoms with van der Waals surface area (Å²) in [5.41, 5.74) is 0. The first kappa shape index (κ1) is 14.4. The molecule has 0 aromatic heterocycles. The topological polar surface area (TPSA) is 3.24 Å². The first-order valence-corrected chi connectivity index (χ1v) is 7.72. The molecule has 2 heteroatoms. The van der Waals surface area contributed by atoms with Crippen LogP contribution in [0.5, 0.6) is 0 Å². The zero-order valence-electron chi connectivity index (χ0n) is 11.1. The van der Waals surface area contributed by atoms with Crippen molar-refractivity contribution in [1.82, 2.24) is 4.90 Å². The third-order valence-electron chi connectivity index (χ3n) is 3.96. The smallest absolute Gasteiger partial charge is 0.00161 e. The summed E-state index contributed by atoms with van der Waals surface area (Å²) in [6.45, 7) is 8.68. The monoisotopic (exact) mass is 243 g/mol. The van der Waals surface area contributed by atoms with Crippen LogP contribution in [0.25, 0.3) is 0 Å². The summed E-state index contributed by atoms with van der Waals surface area (Å²) in [5, 5.41) is 0. The third-order valence-corrected chi connectivity index (χ3v) is 4.22.